The summed E-state index contributed by atoms with van der Waals surface area (Å²) in [5.74, 6) is 6.45. The first-order valence-electron chi connectivity index (χ1n) is 9.87. The van der Waals surface area contributed by atoms with Gasteiger partial charge in [-0.05, 0) is 103 Å². The van der Waals surface area contributed by atoms with Crippen LogP contribution in [-0.4, -0.2) is 0 Å². The van der Waals surface area contributed by atoms with E-state index in [1.807, 2.05) is 0 Å². The summed E-state index contributed by atoms with van der Waals surface area (Å²) < 4.78 is 0. The number of hydrogen-bond acceptors (Lipinski definition) is 0. The lowest BCUT2D eigenvalue weighted by atomic mass is 9.39. The van der Waals surface area contributed by atoms with Crippen LogP contribution in [0.15, 0.2) is 0 Å². The van der Waals surface area contributed by atoms with Gasteiger partial charge < -0.3 is 0 Å². The predicted octanol–water partition coefficient (Wildman–Crippen LogP) is 5.91. The van der Waals surface area contributed by atoms with Gasteiger partial charge in [-0.2, -0.15) is 0 Å². The van der Waals surface area contributed by atoms with Crippen molar-refractivity contribution in [2.45, 2.75) is 79.1 Å². The summed E-state index contributed by atoms with van der Waals surface area (Å²) in [6, 6.07) is 0. The van der Waals surface area contributed by atoms with Crippen LogP contribution in [-0.2, 0) is 0 Å². The predicted molar refractivity (Wildman–Crippen MR) is 87.9 cm³/mol. The van der Waals surface area contributed by atoms with Crippen molar-refractivity contribution in [2.75, 3.05) is 0 Å². The topological polar surface area (TPSA) is 0 Å². The minimum atomic E-state index is 0.612. The third-order valence-electron chi connectivity index (χ3n) is 10.4. The summed E-state index contributed by atoms with van der Waals surface area (Å²) in [4.78, 5) is 0. The first-order chi connectivity index (χ1) is 9.87. The molecule has 6 rings (SSSR count). The van der Waals surface area contributed by atoms with Crippen molar-refractivity contribution in [2.24, 2.45) is 51.8 Å². The Morgan fingerprint density at radius 3 is 2.05 bits per heavy atom. The van der Waals surface area contributed by atoms with Crippen LogP contribution in [0, 0.1) is 51.8 Å². The Morgan fingerprint density at radius 1 is 0.857 bits per heavy atom. The second-order valence-corrected chi connectivity index (χ2v) is 10.8. The van der Waals surface area contributed by atoms with Crippen molar-refractivity contribution < 1.29 is 0 Å². The third-order valence-corrected chi connectivity index (χ3v) is 10.4. The molecule has 0 heterocycles. The van der Waals surface area contributed by atoms with E-state index in [9.17, 15) is 0 Å². The van der Waals surface area contributed by atoms with Crippen molar-refractivity contribution >= 4 is 0 Å². The van der Waals surface area contributed by atoms with Gasteiger partial charge in [0.15, 0.2) is 0 Å². The van der Waals surface area contributed by atoms with E-state index in [2.05, 4.69) is 27.7 Å². The molecule has 0 heteroatoms. The molecule has 21 heavy (non-hydrogen) atoms. The monoisotopic (exact) mass is 286 g/mol. The van der Waals surface area contributed by atoms with Crippen molar-refractivity contribution in [3.63, 3.8) is 0 Å². The van der Waals surface area contributed by atoms with Gasteiger partial charge in [0.2, 0.25) is 0 Å². The molecule has 6 aliphatic carbocycles. The number of hydrogen-bond donors (Lipinski definition) is 0. The van der Waals surface area contributed by atoms with E-state index in [1.54, 1.807) is 38.5 Å². The van der Waals surface area contributed by atoms with Crippen LogP contribution in [0.25, 0.3) is 0 Å². The molecule has 6 atom stereocenters. The summed E-state index contributed by atoms with van der Waals surface area (Å²) in [6.07, 6.45) is 12.7. The van der Waals surface area contributed by atoms with Gasteiger partial charge in [-0.15, -0.1) is 0 Å². The SMILES string of the molecule is CC1C2CC3CC(C2)CC1(C1CC2CCC1(C)C2(C)C)C3. The van der Waals surface area contributed by atoms with Gasteiger partial charge in [0.1, 0.15) is 0 Å². The lowest BCUT2D eigenvalue weighted by molar-refractivity contribution is -0.163. The number of fused-ring (bicyclic) bond motifs is 2. The highest BCUT2D eigenvalue weighted by molar-refractivity contribution is 5.18. The molecule has 0 aromatic rings. The Balaban J connectivity index is 1.59. The molecule has 6 bridgehead atoms. The maximum atomic E-state index is 2.70. The average molecular weight is 287 g/mol. The van der Waals surface area contributed by atoms with Gasteiger partial charge >= 0.3 is 0 Å². The first-order valence-corrected chi connectivity index (χ1v) is 9.87. The van der Waals surface area contributed by atoms with Crippen LogP contribution in [0.3, 0.4) is 0 Å². The molecular weight excluding hydrogens is 252 g/mol. The summed E-state index contributed by atoms with van der Waals surface area (Å²) >= 11 is 0. The maximum absolute atomic E-state index is 2.70. The van der Waals surface area contributed by atoms with E-state index in [0.29, 0.717) is 10.8 Å². The van der Waals surface area contributed by atoms with E-state index in [-0.39, 0.29) is 0 Å². The Kier molecular flexibility index (Phi) is 2.39. The molecule has 0 radical (unpaired) electrons. The largest absolute Gasteiger partial charge is 0.0617 e. The van der Waals surface area contributed by atoms with Crippen molar-refractivity contribution in [1.82, 2.24) is 0 Å². The lowest BCUT2D eigenvalue weighted by Gasteiger charge is -2.65. The van der Waals surface area contributed by atoms with Crippen LogP contribution < -0.4 is 0 Å². The second kappa shape index (κ2) is 3.73. The molecule has 0 spiro atoms. The van der Waals surface area contributed by atoms with Crippen molar-refractivity contribution in [3.8, 4) is 0 Å². The summed E-state index contributed by atoms with van der Waals surface area (Å²) in [6.45, 7) is 10.6. The molecule has 118 valence electrons. The fourth-order valence-electron chi connectivity index (χ4n) is 9.03. The zero-order chi connectivity index (χ0) is 14.6. The first kappa shape index (κ1) is 13.4. The van der Waals surface area contributed by atoms with E-state index < -0.39 is 0 Å². The molecule has 0 aromatic carbocycles. The zero-order valence-electron chi connectivity index (χ0n) is 14.6. The normalized spacial score (nSPS) is 63.4. The Hall–Kier alpha value is 0. The van der Waals surface area contributed by atoms with Gasteiger partial charge in [0.25, 0.3) is 0 Å². The maximum Gasteiger partial charge on any atom is -0.0230 e. The molecule has 6 unspecified atom stereocenters. The summed E-state index contributed by atoms with van der Waals surface area (Å²) in [7, 11) is 0. The Bertz CT molecular complexity index is 460. The van der Waals surface area contributed by atoms with Gasteiger partial charge in [0, 0.05) is 0 Å². The van der Waals surface area contributed by atoms with Crippen molar-refractivity contribution in [3.05, 3.63) is 0 Å². The molecule has 6 saturated carbocycles. The fraction of sp³-hybridized carbons (Fsp3) is 1.00. The second-order valence-electron chi connectivity index (χ2n) is 10.8. The molecule has 0 nitrogen and oxygen atoms in total. The fourth-order valence-corrected chi connectivity index (χ4v) is 9.03. The summed E-state index contributed by atoms with van der Waals surface area (Å²) in [5, 5.41) is 0. The van der Waals surface area contributed by atoms with Crippen LogP contribution >= 0.6 is 0 Å². The third kappa shape index (κ3) is 1.36. The minimum Gasteiger partial charge on any atom is -0.0617 e. The highest BCUT2D eigenvalue weighted by Crippen LogP contribution is 2.77. The van der Waals surface area contributed by atoms with Crippen LogP contribution in [0.4, 0.5) is 0 Å². The van der Waals surface area contributed by atoms with Crippen LogP contribution in [0.2, 0.25) is 0 Å². The molecule has 0 amide bonds. The highest BCUT2D eigenvalue weighted by atomic mass is 14.7. The quantitative estimate of drug-likeness (QED) is 0.562. The van der Waals surface area contributed by atoms with Crippen molar-refractivity contribution in [1.29, 1.82) is 0 Å². The van der Waals surface area contributed by atoms with Gasteiger partial charge in [0.05, 0.1) is 0 Å². The average Bonchev–Trinajstić information content (AvgIpc) is 2.76. The van der Waals surface area contributed by atoms with Crippen LogP contribution in [0.5, 0.6) is 0 Å². The lowest BCUT2D eigenvalue weighted by Crippen LogP contribution is -2.57. The van der Waals surface area contributed by atoms with E-state index in [4.69, 9.17) is 0 Å². The smallest absolute Gasteiger partial charge is 0.0230 e. The van der Waals surface area contributed by atoms with Gasteiger partial charge in [-0.1, -0.05) is 27.7 Å². The molecule has 0 saturated heterocycles. The van der Waals surface area contributed by atoms with Crippen LogP contribution in [0.1, 0.15) is 79.1 Å². The summed E-state index contributed by atoms with van der Waals surface area (Å²) in [5.41, 5.74) is 2.02. The number of rotatable bonds is 1. The van der Waals surface area contributed by atoms with Gasteiger partial charge in [-0.25, -0.2) is 0 Å². The Morgan fingerprint density at radius 2 is 1.52 bits per heavy atom. The molecule has 0 N–H and O–H groups in total. The zero-order valence-corrected chi connectivity index (χ0v) is 14.6. The molecule has 6 aliphatic rings. The van der Waals surface area contributed by atoms with E-state index >= 15 is 0 Å². The highest BCUT2D eigenvalue weighted by Gasteiger charge is 2.69. The molecular formula is C21H34. The molecule has 0 aliphatic heterocycles. The molecule has 6 fully saturated rings. The molecule has 0 aromatic heterocycles. The van der Waals surface area contributed by atoms with E-state index in [1.165, 1.54) is 12.8 Å². The van der Waals surface area contributed by atoms with Gasteiger partial charge in [-0.3, -0.25) is 0 Å². The minimum absolute atomic E-state index is 0.612. The van der Waals surface area contributed by atoms with E-state index in [0.717, 1.165) is 40.9 Å². The standard InChI is InChI=1S/C21H34/c1-13-16-8-14-7-15(9-16)12-21(13,11-14)18-10-17-5-6-20(18,4)19(17,2)3/h13-18H,5-12H2,1-4H3. The Labute approximate surface area is 131 Å².